The second kappa shape index (κ2) is 5.98. The minimum atomic E-state index is -0.106. The topological polar surface area (TPSA) is 29.9 Å². The Bertz CT molecular complexity index is 575. The standard InChI is InChI=1S/C17H22FN3/c1-14(10-15-4-2-3-5-16(15)18)20-11-17(6-7-17)12-21-9-8-19-13-21/h2-5,8-9,13-14,20H,6-7,10-12H2,1H3. The van der Waals surface area contributed by atoms with Crippen LogP contribution in [0.5, 0.6) is 0 Å². The lowest BCUT2D eigenvalue weighted by atomic mass is 10.0. The fraction of sp³-hybridized carbons (Fsp3) is 0.471. The van der Waals surface area contributed by atoms with E-state index in [0.717, 1.165) is 25.1 Å². The average Bonchev–Trinajstić information content (AvgIpc) is 3.04. The molecule has 0 spiro atoms. The first-order chi connectivity index (χ1) is 10.2. The van der Waals surface area contributed by atoms with Gasteiger partial charge in [0, 0.05) is 36.9 Å². The van der Waals surface area contributed by atoms with Crippen LogP contribution >= 0.6 is 0 Å². The highest BCUT2D eigenvalue weighted by Crippen LogP contribution is 2.46. The third-order valence-electron chi connectivity index (χ3n) is 4.34. The minimum absolute atomic E-state index is 0.106. The summed E-state index contributed by atoms with van der Waals surface area (Å²) < 4.78 is 15.8. The fourth-order valence-corrected chi connectivity index (χ4v) is 2.79. The van der Waals surface area contributed by atoms with E-state index in [2.05, 4.69) is 21.8 Å². The summed E-state index contributed by atoms with van der Waals surface area (Å²) in [6.07, 6.45) is 8.96. The highest BCUT2D eigenvalue weighted by Gasteiger charge is 2.42. The van der Waals surface area contributed by atoms with Gasteiger partial charge in [0.1, 0.15) is 5.82 Å². The van der Waals surface area contributed by atoms with Crippen molar-refractivity contribution in [3.8, 4) is 0 Å². The first kappa shape index (κ1) is 14.3. The van der Waals surface area contributed by atoms with Gasteiger partial charge in [-0.2, -0.15) is 0 Å². The summed E-state index contributed by atoms with van der Waals surface area (Å²) in [6, 6.07) is 7.31. The highest BCUT2D eigenvalue weighted by atomic mass is 19.1. The molecule has 1 fully saturated rings. The van der Waals surface area contributed by atoms with Crippen molar-refractivity contribution < 1.29 is 4.39 Å². The van der Waals surface area contributed by atoms with Crippen molar-refractivity contribution >= 4 is 0 Å². The van der Waals surface area contributed by atoms with Gasteiger partial charge in [-0.15, -0.1) is 0 Å². The van der Waals surface area contributed by atoms with Crippen LogP contribution in [-0.2, 0) is 13.0 Å². The molecular formula is C17H22FN3. The molecule has 4 heteroatoms. The number of imidazole rings is 1. The molecule has 3 rings (SSSR count). The molecule has 1 aromatic heterocycles. The first-order valence-electron chi connectivity index (χ1n) is 7.59. The molecule has 1 N–H and O–H groups in total. The van der Waals surface area contributed by atoms with Crippen LogP contribution < -0.4 is 5.32 Å². The number of rotatable bonds is 7. The highest BCUT2D eigenvalue weighted by molar-refractivity contribution is 5.18. The van der Waals surface area contributed by atoms with E-state index in [1.165, 1.54) is 18.9 Å². The maximum Gasteiger partial charge on any atom is 0.126 e. The Hall–Kier alpha value is -1.68. The number of nitrogens with zero attached hydrogens (tertiary/aromatic N) is 2. The van der Waals surface area contributed by atoms with Gasteiger partial charge in [0.05, 0.1) is 6.33 Å². The van der Waals surface area contributed by atoms with Crippen LogP contribution in [0.2, 0.25) is 0 Å². The average molecular weight is 287 g/mol. The number of hydrogen-bond donors (Lipinski definition) is 1. The largest absolute Gasteiger partial charge is 0.337 e. The van der Waals surface area contributed by atoms with Gasteiger partial charge >= 0.3 is 0 Å². The zero-order valence-corrected chi connectivity index (χ0v) is 12.4. The number of aromatic nitrogens is 2. The molecule has 21 heavy (non-hydrogen) atoms. The monoisotopic (exact) mass is 287 g/mol. The lowest BCUT2D eigenvalue weighted by molar-refractivity contribution is 0.369. The number of hydrogen-bond acceptors (Lipinski definition) is 2. The van der Waals surface area contributed by atoms with Crippen molar-refractivity contribution in [2.75, 3.05) is 6.54 Å². The molecule has 2 aromatic rings. The first-order valence-corrected chi connectivity index (χ1v) is 7.59. The van der Waals surface area contributed by atoms with Gasteiger partial charge in [0.15, 0.2) is 0 Å². The van der Waals surface area contributed by atoms with Crippen molar-refractivity contribution in [3.63, 3.8) is 0 Å². The van der Waals surface area contributed by atoms with Crippen molar-refractivity contribution in [1.29, 1.82) is 0 Å². The van der Waals surface area contributed by atoms with Crippen LogP contribution in [0.3, 0.4) is 0 Å². The van der Waals surface area contributed by atoms with Gasteiger partial charge in [0.25, 0.3) is 0 Å². The van der Waals surface area contributed by atoms with E-state index in [1.807, 2.05) is 30.9 Å². The van der Waals surface area contributed by atoms with E-state index in [4.69, 9.17) is 0 Å². The molecule has 1 unspecified atom stereocenters. The Labute approximate surface area is 125 Å². The van der Waals surface area contributed by atoms with Gasteiger partial charge in [-0.05, 0) is 37.8 Å². The molecule has 1 aliphatic carbocycles. The Morgan fingerprint density at radius 3 is 2.86 bits per heavy atom. The van der Waals surface area contributed by atoms with Crippen LogP contribution in [0, 0.1) is 11.2 Å². The van der Waals surface area contributed by atoms with Gasteiger partial charge in [-0.25, -0.2) is 9.37 Å². The van der Waals surface area contributed by atoms with E-state index >= 15 is 0 Å². The predicted molar refractivity (Wildman–Crippen MR) is 81.5 cm³/mol. The fourth-order valence-electron chi connectivity index (χ4n) is 2.79. The number of nitrogens with one attached hydrogen (secondary N) is 1. The molecule has 0 amide bonds. The number of halogens is 1. The van der Waals surface area contributed by atoms with E-state index in [-0.39, 0.29) is 11.9 Å². The second-order valence-electron chi connectivity index (χ2n) is 6.31. The van der Waals surface area contributed by atoms with Crippen LogP contribution in [0.25, 0.3) is 0 Å². The molecule has 0 bridgehead atoms. The van der Waals surface area contributed by atoms with Gasteiger partial charge in [-0.1, -0.05) is 18.2 Å². The lowest BCUT2D eigenvalue weighted by Crippen LogP contribution is -2.35. The Morgan fingerprint density at radius 2 is 2.19 bits per heavy atom. The Kier molecular flexibility index (Phi) is 4.06. The molecule has 1 aliphatic rings. The summed E-state index contributed by atoms with van der Waals surface area (Å²) in [5, 5.41) is 3.57. The maximum atomic E-state index is 13.7. The molecule has 0 radical (unpaired) electrons. The molecular weight excluding hydrogens is 265 g/mol. The minimum Gasteiger partial charge on any atom is -0.337 e. The normalized spacial score (nSPS) is 17.6. The summed E-state index contributed by atoms with van der Waals surface area (Å²) >= 11 is 0. The van der Waals surface area contributed by atoms with E-state index in [0.29, 0.717) is 5.41 Å². The summed E-state index contributed by atoms with van der Waals surface area (Å²) in [6.45, 7) is 4.13. The lowest BCUT2D eigenvalue weighted by Gasteiger charge is -2.20. The van der Waals surface area contributed by atoms with Crippen LogP contribution in [0.4, 0.5) is 4.39 Å². The molecule has 0 aliphatic heterocycles. The summed E-state index contributed by atoms with van der Waals surface area (Å²) in [4.78, 5) is 4.10. The summed E-state index contributed by atoms with van der Waals surface area (Å²) in [5.41, 5.74) is 1.15. The predicted octanol–water partition coefficient (Wildman–Crippen LogP) is 3.02. The third-order valence-corrected chi connectivity index (χ3v) is 4.34. The molecule has 112 valence electrons. The Morgan fingerprint density at radius 1 is 1.38 bits per heavy atom. The van der Waals surface area contributed by atoms with Gasteiger partial charge in [0.2, 0.25) is 0 Å². The van der Waals surface area contributed by atoms with Gasteiger partial charge in [-0.3, -0.25) is 0 Å². The SMILES string of the molecule is CC(Cc1ccccc1F)NCC1(Cn2ccnc2)CC1. The second-order valence-corrected chi connectivity index (χ2v) is 6.31. The molecule has 1 saturated carbocycles. The van der Waals surface area contributed by atoms with E-state index in [9.17, 15) is 4.39 Å². The molecule has 1 atom stereocenters. The zero-order valence-electron chi connectivity index (χ0n) is 12.4. The van der Waals surface area contributed by atoms with Crippen molar-refractivity contribution in [2.45, 2.75) is 38.8 Å². The van der Waals surface area contributed by atoms with Crippen molar-refractivity contribution in [3.05, 3.63) is 54.4 Å². The van der Waals surface area contributed by atoms with Crippen LogP contribution in [0.1, 0.15) is 25.3 Å². The summed E-state index contributed by atoms with van der Waals surface area (Å²) in [5.74, 6) is -0.106. The van der Waals surface area contributed by atoms with Crippen LogP contribution in [-0.4, -0.2) is 22.1 Å². The van der Waals surface area contributed by atoms with Crippen molar-refractivity contribution in [2.24, 2.45) is 5.41 Å². The zero-order chi connectivity index (χ0) is 14.7. The van der Waals surface area contributed by atoms with Gasteiger partial charge < -0.3 is 9.88 Å². The third kappa shape index (κ3) is 3.70. The Balaban J connectivity index is 1.50. The molecule has 1 heterocycles. The summed E-state index contributed by atoms with van der Waals surface area (Å²) in [7, 11) is 0. The number of benzene rings is 1. The van der Waals surface area contributed by atoms with Crippen molar-refractivity contribution in [1.82, 2.24) is 14.9 Å². The van der Waals surface area contributed by atoms with Crippen LogP contribution in [0.15, 0.2) is 43.0 Å². The van der Waals surface area contributed by atoms with E-state index < -0.39 is 0 Å². The maximum absolute atomic E-state index is 13.7. The molecule has 1 aromatic carbocycles. The smallest absolute Gasteiger partial charge is 0.126 e. The molecule has 3 nitrogen and oxygen atoms in total. The molecule has 0 saturated heterocycles. The van der Waals surface area contributed by atoms with E-state index in [1.54, 1.807) is 6.07 Å². The quantitative estimate of drug-likeness (QED) is 0.848.